The minimum atomic E-state index is -0.376. The number of ether oxygens (including phenoxy) is 1. The summed E-state index contributed by atoms with van der Waals surface area (Å²) in [4.78, 5) is 10.3. The van der Waals surface area contributed by atoms with Crippen LogP contribution in [0.3, 0.4) is 0 Å². The van der Waals surface area contributed by atoms with E-state index in [0.29, 0.717) is 17.9 Å². The van der Waals surface area contributed by atoms with Crippen LogP contribution in [0.1, 0.15) is 31.2 Å². The summed E-state index contributed by atoms with van der Waals surface area (Å²) >= 11 is 3.40. The van der Waals surface area contributed by atoms with Crippen LogP contribution in [0.25, 0.3) is 0 Å². The van der Waals surface area contributed by atoms with E-state index in [-0.39, 0.29) is 10.6 Å². The Bertz CT molecular complexity index is 396. The smallest absolute Gasteiger partial charge is 0.272 e. The summed E-state index contributed by atoms with van der Waals surface area (Å²) in [5.41, 5.74) is 0.774. The molecule has 0 spiro atoms. The SMILES string of the molecule is Cc1cc(OCCCCCCBr)ccc1[N+](=O)[O-]. The van der Waals surface area contributed by atoms with Crippen LogP contribution in [0.15, 0.2) is 18.2 Å². The second-order valence-corrected chi connectivity index (χ2v) is 4.95. The van der Waals surface area contributed by atoms with Gasteiger partial charge in [0.05, 0.1) is 11.5 Å². The van der Waals surface area contributed by atoms with E-state index >= 15 is 0 Å². The van der Waals surface area contributed by atoms with Gasteiger partial charge in [0, 0.05) is 17.0 Å². The maximum Gasteiger partial charge on any atom is 0.272 e. The topological polar surface area (TPSA) is 52.4 Å². The van der Waals surface area contributed by atoms with Crippen molar-refractivity contribution in [1.29, 1.82) is 0 Å². The highest BCUT2D eigenvalue weighted by Crippen LogP contribution is 2.23. The largest absolute Gasteiger partial charge is 0.494 e. The van der Waals surface area contributed by atoms with Gasteiger partial charge >= 0.3 is 0 Å². The highest BCUT2D eigenvalue weighted by Gasteiger charge is 2.10. The summed E-state index contributed by atoms with van der Waals surface area (Å²) in [5, 5.41) is 11.7. The molecule has 0 atom stereocenters. The molecular weight excluding hydrogens is 298 g/mol. The maximum atomic E-state index is 10.7. The van der Waals surface area contributed by atoms with Gasteiger partial charge in [0.25, 0.3) is 5.69 Å². The summed E-state index contributed by atoms with van der Waals surface area (Å²) in [6.45, 7) is 2.39. The summed E-state index contributed by atoms with van der Waals surface area (Å²) < 4.78 is 5.57. The van der Waals surface area contributed by atoms with E-state index in [4.69, 9.17) is 4.74 Å². The summed E-state index contributed by atoms with van der Waals surface area (Å²) in [5.74, 6) is 0.707. The quantitative estimate of drug-likeness (QED) is 0.312. The first-order valence-electron chi connectivity index (χ1n) is 6.09. The van der Waals surface area contributed by atoms with Crippen LogP contribution in [0, 0.1) is 17.0 Å². The highest BCUT2D eigenvalue weighted by molar-refractivity contribution is 9.09. The molecule has 0 radical (unpaired) electrons. The zero-order valence-corrected chi connectivity index (χ0v) is 12.1. The van der Waals surface area contributed by atoms with Crippen LogP contribution in [-0.2, 0) is 0 Å². The van der Waals surface area contributed by atoms with E-state index in [0.717, 1.165) is 18.2 Å². The molecule has 18 heavy (non-hydrogen) atoms. The average molecular weight is 316 g/mol. The van der Waals surface area contributed by atoms with E-state index in [1.807, 2.05) is 0 Å². The van der Waals surface area contributed by atoms with Gasteiger partial charge in [0.2, 0.25) is 0 Å². The molecule has 100 valence electrons. The van der Waals surface area contributed by atoms with Crippen molar-refractivity contribution < 1.29 is 9.66 Å². The molecule has 0 bridgehead atoms. The van der Waals surface area contributed by atoms with Crippen LogP contribution < -0.4 is 4.74 Å². The molecule has 0 amide bonds. The molecule has 4 nitrogen and oxygen atoms in total. The van der Waals surface area contributed by atoms with Crippen molar-refractivity contribution >= 4 is 21.6 Å². The molecule has 0 fully saturated rings. The number of alkyl halides is 1. The standard InChI is InChI=1S/C13H18BrNO3/c1-11-10-12(6-7-13(11)15(16)17)18-9-5-3-2-4-8-14/h6-7,10H,2-5,8-9H2,1H3. The van der Waals surface area contributed by atoms with Gasteiger partial charge in [-0.25, -0.2) is 0 Å². The Labute approximate surface area is 116 Å². The summed E-state index contributed by atoms with van der Waals surface area (Å²) in [6.07, 6.45) is 4.56. The van der Waals surface area contributed by atoms with Gasteiger partial charge < -0.3 is 4.74 Å². The molecular formula is C13H18BrNO3. The van der Waals surface area contributed by atoms with Crippen LogP contribution >= 0.6 is 15.9 Å². The molecule has 0 aromatic heterocycles. The fourth-order valence-corrected chi connectivity index (χ4v) is 2.06. The predicted octanol–water partition coefficient (Wildman–Crippen LogP) is 4.24. The average Bonchev–Trinajstić information content (AvgIpc) is 2.33. The second-order valence-electron chi connectivity index (χ2n) is 4.16. The van der Waals surface area contributed by atoms with Gasteiger partial charge in [-0.05, 0) is 31.9 Å². The molecule has 0 aliphatic rings. The Kier molecular flexibility index (Phi) is 6.72. The van der Waals surface area contributed by atoms with Gasteiger partial charge in [0.1, 0.15) is 5.75 Å². The molecule has 5 heteroatoms. The molecule has 0 saturated heterocycles. The number of hydrogen-bond acceptors (Lipinski definition) is 3. The van der Waals surface area contributed by atoms with Crippen LogP contribution in [0.4, 0.5) is 5.69 Å². The van der Waals surface area contributed by atoms with Crippen molar-refractivity contribution in [3.63, 3.8) is 0 Å². The Morgan fingerprint density at radius 1 is 1.28 bits per heavy atom. The van der Waals surface area contributed by atoms with Gasteiger partial charge in [-0.1, -0.05) is 28.8 Å². The van der Waals surface area contributed by atoms with E-state index in [2.05, 4.69) is 15.9 Å². The lowest BCUT2D eigenvalue weighted by Crippen LogP contribution is -1.98. The Morgan fingerprint density at radius 3 is 2.61 bits per heavy atom. The zero-order valence-electron chi connectivity index (χ0n) is 10.5. The number of nitro groups is 1. The van der Waals surface area contributed by atoms with E-state index in [9.17, 15) is 10.1 Å². The van der Waals surface area contributed by atoms with Crippen molar-refractivity contribution in [3.8, 4) is 5.75 Å². The minimum Gasteiger partial charge on any atom is -0.494 e. The molecule has 0 unspecified atom stereocenters. The molecule has 0 aliphatic carbocycles. The third-order valence-corrected chi connectivity index (χ3v) is 3.22. The summed E-state index contributed by atoms with van der Waals surface area (Å²) in [7, 11) is 0. The number of rotatable bonds is 8. The number of hydrogen-bond donors (Lipinski definition) is 0. The number of aryl methyl sites for hydroxylation is 1. The van der Waals surface area contributed by atoms with E-state index < -0.39 is 0 Å². The monoisotopic (exact) mass is 315 g/mol. The zero-order chi connectivity index (χ0) is 13.4. The normalized spacial score (nSPS) is 10.3. The van der Waals surface area contributed by atoms with Crippen molar-refractivity contribution in [2.45, 2.75) is 32.6 Å². The van der Waals surface area contributed by atoms with Crippen molar-refractivity contribution in [2.75, 3.05) is 11.9 Å². The van der Waals surface area contributed by atoms with Crippen LogP contribution in [0.5, 0.6) is 5.75 Å². The third-order valence-electron chi connectivity index (χ3n) is 2.66. The molecule has 0 saturated carbocycles. The molecule has 0 heterocycles. The Morgan fingerprint density at radius 2 is 2.00 bits per heavy atom. The summed E-state index contributed by atoms with van der Waals surface area (Å²) in [6, 6.07) is 4.87. The lowest BCUT2D eigenvalue weighted by molar-refractivity contribution is -0.385. The Balaban J connectivity index is 2.35. The molecule has 0 N–H and O–H groups in total. The van der Waals surface area contributed by atoms with E-state index in [1.165, 1.54) is 18.9 Å². The van der Waals surface area contributed by atoms with Gasteiger partial charge in [-0.15, -0.1) is 0 Å². The number of unbranched alkanes of at least 4 members (excludes halogenated alkanes) is 3. The van der Waals surface area contributed by atoms with Crippen molar-refractivity contribution in [3.05, 3.63) is 33.9 Å². The van der Waals surface area contributed by atoms with Crippen molar-refractivity contribution in [2.24, 2.45) is 0 Å². The fourth-order valence-electron chi connectivity index (χ4n) is 1.66. The minimum absolute atomic E-state index is 0.139. The van der Waals surface area contributed by atoms with Gasteiger partial charge in [0.15, 0.2) is 0 Å². The Hall–Kier alpha value is -1.10. The number of nitrogens with zero attached hydrogens (tertiary/aromatic N) is 1. The number of nitro benzene ring substituents is 1. The lowest BCUT2D eigenvalue weighted by atomic mass is 10.2. The lowest BCUT2D eigenvalue weighted by Gasteiger charge is -2.06. The van der Waals surface area contributed by atoms with Gasteiger partial charge in [-0.3, -0.25) is 10.1 Å². The fraction of sp³-hybridized carbons (Fsp3) is 0.538. The molecule has 1 rings (SSSR count). The first-order chi connectivity index (χ1) is 8.65. The number of benzene rings is 1. The first-order valence-corrected chi connectivity index (χ1v) is 7.21. The van der Waals surface area contributed by atoms with Crippen LogP contribution in [0.2, 0.25) is 0 Å². The second kappa shape index (κ2) is 8.08. The number of halogens is 1. The molecule has 1 aromatic carbocycles. The van der Waals surface area contributed by atoms with Crippen molar-refractivity contribution in [1.82, 2.24) is 0 Å². The third kappa shape index (κ3) is 5.04. The molecule has 0 aliphatic heterocycles. The molecule has 1 aromatic rings. The first kappa shape index (κ1) is 15.0. The maximum absolute atomic E-state index is 10.7. The highest BCUT2D eigenvalue weighted by atomic mass is 79.9. The van der Waals surface area contributed by atoms with Gasteiger partial charge in [-0.2, -0.15) is 0 Å². The van der Waals surface area contributed by atoms with Crippen LogP contribution in [-0.4, -0.2) is 16.9 Å². The van der Waals surface area contributed by atoms with E-state index in [1.54, 1.807) is 19.1 Å². The predicted molar refractivity (Wildman–Crippen MR) is 75.6 cm³/mol.